The lowest BCUT2D eigenvalue weighted by Gasteiger charge is -2.40. The van der Waals surface area contributed by atoms with Crippen LogP contribution < -0.4 is 5.32 Å². The number of carbonyl (C=O) groups is 3. The van der Waals surface area contributed by atoms with Gasteiger partial charge in [0.15, 0.2) is 0 Å². The van der Waals surface area contributed by atoms with Crippen LogP contribution in [0.2, 0.25) is 0 Å². The second-order valence-electron chi connectivity index (χ2n) is 7.96. The average Bonchev–Trinajstić information content (AvgIpc) is 3.05. The second kappa shape index (κ2) is 8.37. The molecule has 1 amide bonds. The van der Waals surface area contributed by atoms with E-state index in [4.69, 9.17) is 9.47 Å². The van der Waals surface area contributed by atoms with Crippen molar-refractivity contribution in [3.63, 3.8) is 0 Å². The third-order valence-corrected chi connectivity index (χ3v) is 6.27. The zero-order valence-electron chi connectivity index (χ0n) is 16.1. The molecule has 1 aliphatic heterocycles. The van der Waals surface area contributed by atoms with Crippen LogP contribution in [0.5, 0.6) is 0 Å². The third kappa shape index (κ3) is 3.92. The largest absolute Gasteiger partial charge is 0.445 e. The highest BCUT2D eigenvalue weighted by atomic mass is 16.6. The van der Waals surface area contributed by atoms with Gasteiger partial charge in [-0.15, -0.1) is 0 Å². The molecule has 5 atom stereocenters. The first-order valence-corrected chi connectivity index (χ1v) is 10.1. The Morgan fingerprint density at radius 2 is 1.93 bits per heavy atom. The lowest BCUT2D eigenvalue weighted by molar-refractivity contribution is -0.154. The molecular weight excluding hydrogens is 374 g/mol. The van der Waals surface area contributed by atoms with E-state index in [1.54, 1.807) is 0 Å². The van der Waals surface area contributed by atoms with Crippen LogP contribution in [0.15, 0.2) is 42.0 Å². The molecule has 0 spiro atoms. The van der Waals surface area contributed by atoms with Crippen molar-refractivity contribution in [3.8, 4) is 0 Å². The predicted molar refractivity (Wildman–Crippen MR) is 102 cm³/mol. The van der Waals surface area contributed by atoms with Crippen LogP contribution in [0.3, 0.4) is 0 Å². The van der Waals surface area contributed by atoms with Crippen molar-refractivity contribution in [1.82, 2.24) is 5.32 Å². The minimum absolute atomic E-state index is 0.0216. The molecular formula is C22H25NO6. The van der Waals surface area contributed by atoms with Crippen molar-refractivity contribution < 1.29 is 29.0 Å². The lowest BCUT2D eigenvalue weighted by Crippen LogP contribution is -2.50. The molecule has 2 N–H and O–H groups in total. The number of aliphatic hydroxyl groups is 1. The molecule has 1 heterocycles. The molecule has 0 radical (unpaired) electrons. The van der Waals surface area contributed by atoms with Crippen LogP contribution in [-0.2, 0) is 25.7 Å². The van der Waals surface area contributed by atoms with Gasteiger partial charge in [-0.25, -0.2) is 4.79 Å². The molecule has 1 aromatic rings. The van der Waals surface area contributed by atoms with E-state index in [0.717, 1.165) is 36.8 Å². The maximum absolute atomic E-state index is 12.4. The number of nitrogens with one attached hydrogen (secondary N) is 1. The van der Waals surface area contributed by atoms with Crippen LogP contribution in [-0.4, -0.2) is 35.8 Å². The summed E-state index contributed by atoms with van der Waals surface area (Å²) in [6.45, 7) is -0.268. The van der Waals surface area contributed by atoms with E-state index in [9.17, 15) is 19.5 Å². The van der Waals surface area contributed by atoms with Crippen LogP contribution in [0.1, 0.15) is 31.2 Å². The highest BCUT2D eigenvalue weighted by Crippen LogP contribution is 2.49. The molecule has 1 aromatic carbocycles. The minimum Gasteiger partial charge on any atom is -0.445 e. The molecule has 1 saturated carbocycles. The smallest absolute Gasteiger partial charge is 0.407 e. The van der Waals surface area contributed by atoms with Crippen LogP contribution in [0, 0.1) is 23.7 Å². The summed E-state index contributed by atoms with van der Waals surface area (Å²) in [5.74, 6) is -2.73. The van der Waals surface area contributed by atoms with Gasteiger partial charge in [0.2, 0.25) is 0 Å². The topological polar surface area (TPSA) is 102 Å². The molecule has 0 aromatic heterocycles. The van der Waals surface area contributed by atoms with E-state index in [1.165, 1.54) is 0 Å². The average molecular weight is 399 g/mol. The van der Waals surface area contributed by atoms with E-state index >= 15 is 0 Å². The molecule has 3 aliphatic rings. The van der Waals surface area contributed by atoms with Gasteiger partial charge < -0.3 is 19.9 Å². The zero-order chi connectivity index (χ0) is 20.4. The van der Waals surface area contributed by atoms with Crippen molar-refractivity contribution in [1.29, 1.82) is 0 Å². The number of allylic oxidation sites excluding steroid dienone is 1. The molecule has 2 aliphatic carbocycles. The first kappa shape index (κ1) is 19.6. The monoisotopic (exact) mass is 399 g/mol. The van der Waals surface area contributed by atoms with Gasteiger partial charge in [-0.1, -0.05) is 48.4 Å². The Kier molecular flexibility index (Phi) is 5.67. The summed E-state index contributed by atoms with van der Waals surface area (Å²) in [4.78, 5) is 37.1. The summed E-state index contributed by atoms with van der Waals surface area (Å²) >= 11 is 0. The maximum Gasteiger partial charge on any atom is 0.407 e. The Labute approximate surface area is 169 Å². The van der Waals surface area contributed by atoms with Gasteiger partial charge in [-0.05, 0) is 30.7 Å². The van der Waals surface area contributed by atoms with Crippen molar-refractivity contribution in [2.75, 3.05) is 6.61 Å². The normalized spacial score (nSPS) is 29.2. The van der Waals surface area contributed by atoms with Crippen LogP contribution in [0.25, 0.3) is 0 Å². The lowest BCUT2D eigenvalue weighted by atomic mass is 9.62. The van der Waals surface area contributed by atoms with Gasteiger partial charge in [0.1, 0.15) is 6.61 Å². The highest BCUT2D eigenvalue weighted by molar-refractivity contribution is 5.97. The molecule has 4 rings (SSSR count). The maximum atomic E-state index is 12.4. The van der Waals surface area contributed by atoms with Gasteiger partial charge in [0, 0.05) is 5.92 Å². The molecule has 1 saturated heterocycles. The first-order chi connectivity index (χ1) is 14.1. The highest BCUT2D eigenvalue weighted by Gasteiger charge is 2.56. The van der Waals surface area contributed by atoms with E-state index in [1.807, 2.05) is 36.4 Å². The van der Waals surface area contributed by atoms with Crippen molar-refractivity contribution in [3.05, 3.63) is 47.5 Å². The Balaban J connectivity index is 1.50. The molecule has 7 heteroatoms. The second-order valence-corrected chi connectivity index (χ2v) is 7.96. The summed E-state index contributed by atoms with van der Waals surface area (Å²) in [6.07, 6.45) is 5.08. The predicted octanol–water partition coefficient (Wildman–Crippen LogP) is 2.34. The van der Waals surface area contributed by atoms with Gasteiger partial charge >= 0.3 is 18.0 Å². The van der Waals surface area contributed by atoms with Crippen molar-refractivity contribution in [2.24, 2.45) is 23.7 Å². The van der Waals surface area contributed by atoms with Crippen LogP contribution in [0.4, 0.5) is 4.79 Å². The number of cyclic esters (lactones) is 2. The molecule has 0 bridgehead atoms. The Bertz CT molecular complexity index is 820. The fourth-order valence-corrected chi connectivity index (χ4v) is 4.92. The Morgan fingerprint density at radius 3 is 2.69 bits per heavy atom. The summed E-state index contributed by atoms with van der Waals surface area (Å²) in [5.41, 5.74) is 1.98. The standard InChI is InChI=1S/C22H25NO6/c24-11-17(23-22(27)28-12-13-6-2-1-3-7-13)16-10-14-8-4-5-9-15(14)18-19(16)21(26)29-20(18)25/h1-3,6-7,10,15-19,24H,4-5,8-9,11-12H2,(H,23,27)/t15-,16-,17-,18-,19+/m1/s1. The number of carbonyl (C=O) groups excluding carboxylic acids is 3. The zero-order valence-corrected chi connectivity index (χ0v) is 16.1. The quantitative estimate of drug-likeness (QED) is 0.448. The third-order valence-electron chi connectivity index (χ3n) is 6.27. The van der Waals surface area contributed by atoms with E-state index in [2.05, 4.69) is 5.32 Å². The van der Waals surface area contributed by atoms with E-state index < -0.39 is 41.8 Å². The Hall–Kier alpha value is -2.67. The minimum atomic E-state index is -0.736. The number of benzene rings is 1. The number of hydrogen-bond acceptors (Lipinski definition) is 6. The summed E-state index contributed by atoms with van der Waals surface area (Å²) in [7, 11) is 0. The van der Waals surface area contributed by atoms with Gasteiger partial charge in [0.05, 0.1) is 24.5 Å². The summed E-state index contributed by atoms with van der Waals surface area (Å²) < 4.78 is 10.2. The molecule has 2 fully saturated rings. The van der Waals surface area contributed by atoms with Crippen molar-refractivity contribution in [2.45, 2.75) is 38.3 Å². The fraction of sp³-hybridized carbons (Fsp3) is 0.500. The fourth-order valence-electron chi connectivity index (χ4n) is 4.92. The number of hydrogen-bond donors (Lipinski definition) is 2. The number of esters is 2. The van der Waals surface area contributed by atoms with Gasteiger partial charge in [0.25, 0.3) is 0 Å². The summed E-state index contributed by atoms with van der Waals surface area (Å²) in [6, 6.07) is 8.53. The van der Waals surface area contributed by atoms with Gasteiger partial charge in [-0.2, -0.15) is 0 Å². The van der Waals surface area contributed by atoms with E-state index in [-0.39, 0.29) is 19.1 Å². The SMILES string of the molecule is O=C(N[C@H](CO)[C@H]1C=C2CCCC[C@H]2[C@H]2C(=O)OC(=O)[C@@H]12)OCc1ccccc1. The van der Waals surface area contributed by atoms with Gasteiger partial charge in [-0.3, -0.25) is 9.59 Å². The number of fused-ring (bicyclic) bond motifs is 3. The summed E-state index contributed by atoms with van der Waals surface area (Å²) in [5, 5.41) is 12.6. The molecule has 154 valence electrons. The molecule has 29 heavy (non-hydrogen) atoms. The Morgan fingerprint density at radius 1 is 1.17 bits per heavy atom. The number of alkyl carbamates (subject to hydrolysis) is 1. The van der Waals surface area contributed by atoms with E-state index in [0.29, 0.717) is 0 Å². The number of aliphatic hydroxyl groups excluding tert-OH is 1. The molecule has 0 unspecified atom stereocenters. The first-order valence-electron chi connectivity index (χ1n) is 10.1. The number of ether oxygens (including phenoxy) is 2. The number of amides is 1. The van der Waals surface area contributed by atoms with Crippen LogP contribution >= 0.6 is 0 Å². The molecule has 7 nitrogen and oxygen atoms in total. The van der Waals surface area contributed by atoms with Crippen molar-refractivity contribution >= 4 is 18.0 Å². The number of rotatable bonds is 5.